The van der Waals surface area contributed by atoms with Gasteiger partial charge in [0.2, 0.25) is 5.91 Å². The summed E-state index contributed by atoms with van der Waals surface area (Å²) in [6.45, 7) is 2.24. The molecule has 0 unspecified atom stereocenters. The SMILES string of the molecule is CC(=O)NNCCc1ccccc1. The molecule has 1 rings (SSSR count). The van der Waals surface area contributed by atoms with Crippen LogP contribution < -0.4 is 10.9 Å². The van der Waals surface area contributed by atoms with Gasteiger partial charge in [-0.05, 0) is 12.0 Å². The van der Waals surface area contributed by atoms with Crippen LogP contribution in [-0.2, 0) is 11.2 Å². The minimum Gasteiger partial charge on any atom is -0.292 e. The van der Waals surface area contributed by atoms with Crippen LogP contribution in [0.15, 0.2) is 30.3 Å². The van der Waals surface area contributed by atoms with Crippen molar-refractivity contribution >= 4 is 5.91 Å². The first kappa shape index (κ1) is 9.74. The second-order valence-electron chi connectivity index (χ2n) is 2.84. The quantitative estimate of drug-likeness (QED) is 0.530. The minimum absolute atomic E-state index is 0.0620. The molecule has 0 saturated carbocycles. The predicted octanol–water partition coefficient (Wildman–Crippen LogP) is 0.870. The molecular weight excluding hydrogens is 164 g/mol. The molecule has 0 saturated heterocycles. The van der Waals surface area contributed by atoms with Crippen molar-refractivity contribution < 1.29 is 4.79 Å². The van der Waals surface area contributed by atoms with E-state index in [9.17, 15) is 4.79 Å². The second-order valence-corrected chi connectivity index (χ2v) is 2.84. The Balaban J connectivity index is 2.17. The molecule has 0 spiro atoms. The molecule has 1 amide bonds. The Morgan fingerprint density at radius 3 is 2.62 bits per heavy atom. The van der Waals surface area contributed by atoms with E-state index in [1.165, 1.54) is 12.5 Å². The Bertz CT molecular complexity index is 259. The number of hydrogen-bond acceptors (Lipinski definition) is 2. The van der Waals surface area contributed by atoms with Gasteiger partial charge in [0.1, 0.15) is 0 Å². The number of benzene rings is 1. The molecule has 0 heterocycles. The fourth-order valence-corrected chi connectivity index (χ4v) is 1.04. The summed E-state index contributed by atoms with van der Waals surface area (Å²) < 4.78 is 0. The van der Waals surface area contributed by atoms with E-state index in [0.717, 1.165) is 13.0 Å². The van der Waals surface area contributed by atoms with E-state index in [-0.39, 0.29) is 5.91 Å². The van der Waals surface area contributed by atoms with E-state index in [1.54, 1.807) is 0 Å². The minimum atomic E-state index is -0.0620. The van der Waals surface area contributed by atoms with Crippen LogP contribution in [-0.4, -0.2) is 12.5 Å². The number of hydrazine groups is 1. The van der Waals surface area contributed by atoms with Crippen LogP contribution in [0, 0.1) is 0 Å². The van der Waals surface area contributed by atoms with Crippen molar-refractivity contribution in [1.82, 2.24) is 10.9 Å². The third kappa shape index (κ3) is 4.28. The molecule has 0 aliphatic heterocycles. The fraction of sp³-hybridized carbons (Fsp3) is 0.300. The topological polar surface area (TPSA) is 41.1 Å². The highest BCUT2D eigenvalue weighted by atomic mass is 16.2. The van der Waals surface area contributed by atoms with Crippen molar-refractivity contribution in [2.45, 2.75) is 13.3 Å². The number of carbonyl (C=O) groups excluding carboxylic acids is 1. The highest BCUT2D eigenvalue weighted by Crippen LogP contribution is 1.97. The summed E-state index contributed by atoms with van der Waals surface area (Å²) in [5.41, 5.74) is 6.62. The van der Waals surface area contributed by atoms with Crippen LogP contribution in [0.5, 0.6) is 0 Å². The zero-order valence-electron chi connectivity index (χ0n) is 7.71. The molecule has 70 valence electrons. The molecule has 0 bridgehead atoms. The molecule has 2 N–H and O–H groups in total. The summed E-state index contributed by atoms with van der Waals surface area (Å²) in [6, 6.07) is 10.1. The van der Waals surface area contributed by atoms with Crippen molar-refractivity contribution in [2.24, 2.45) is 0 Å². The molecular formula is C10H14N2O. The number of amides is 1. The molecule has 13 heavy (non-hydrogen) atoms. The maximum atomic E-state index is 10.5. The average molecular weight is 178 g/mol. The van der Waals surface area contributed by atoms with Gasteiger partial charge in [0.25, 0.3) is 0 Å². The van der Waals surface area contributed by atoms with Crippen molar-refractivity contribution in [3.63, 3.8) is 0 Å². The molecule has 0 atom stereocenters. The molecule has 0 fully saturated rings. The summed E-state index contributed by atoms with van der Waals surface area (Å²) in [5, 5.41) is 0. The molecule has 3 heteroatoms. The van der Waals surface area contributed by atoms with E-state index in [1.807, 2.05) is 18.2 Å². The largest absolute Gasteiger partial charge is 0.292 e. The third-order valence-corrected chi connectivity index (χ3v) is 1.65. The van der Waals surface area contributed by atoms with E-state index in [4.69, 9.17) is 0 Å². The number of carbonyl (C=O) groups is 1. The Labute approximate surface area is 78.1 Å². The van der Waals surface area contributed by atoms with Crippen molar-refractivity contribution in [1.29, 1.82) is 0 Å². The molecule has 1 aromatic rings. The van der Waals surface area contributed by atoms with E-state index >= 15 is 0 Å². The lowest BCUT2D eigenvalue weighted by molar-refractivity contribution is -0.119. The first-order valence-electron chi connectivity index (χ1n) is 4.32. The molecule has 0 radical (unpaired) electrons. The van der Waals surface area contributed by atoms with Gasteiger partial charge in [0.05, 0.1) is 0 Å². The van der Waals surface area contributed by atoms with Crippen LogP contribution in [0.2, 0.25) is 0 Å². The van der Waals surface area contributed by atoms with Gasteiger partial charge >= 0.3 is 0 Å². The Morgan fingerprint density at radius 2 is 2.00 bits per heavy atom. The van der Waals surface area contributed by atoms with Crippen molar-refractivity contribution in [3.05, 3.63) is 35.9 Å². The Hall–Kier alpha value is -1.35. The van der Waals surface area contributed by atoms with E-state index in [0.29, 0.717) is 0 Å². The van der Waals surface area contributed by atoms with Crippen LogP contribution in [0.1, 0.15) is 12.5 Å². The van der Waals surface area contributed by atoms with Gasteiger partial charge in [0, 0.05) is 13.5 Å². The lowest BCUT2D eigenvalue weighted by Crippen LogP contribution is -2.36. The number of rotatable bonds is 4. The van der Waals surface area contributed by atoms with Gasteiger partial charge in [-0.2, -0.15) is 0 Å². The zero-order chi connectivity index (χ0) is 9.52. The Kier molecular flexibility index (Phi) is 3.99. The summed E-state index contributed by atoms with van der Waals surface area (Å²) >= 11 is 0. The van der Waals surface area contributed by atoms with Crippen LogP contribution in [0.3, 0.4) is 0 Å². The molecule has 0 aliphatic carbocycles. The average Bonchev–Trinajstić information content (AvgIpc) is 2.14. The summed E-state index contributed by atoms with van der Waals surface area (Å²) in [7, 11) is 0. The van der Waals surface area contributed by atoms with Crippen LogP contribution in [0.4, 0.5) is 0 Å². The molecule has 0 aromatic heterocycles. The summed E-state index contributed by atoms with van der Waals surface area (Å²) in [6.07, 6.45) is 0.918. The number of nitrogens with one attached hydrogen (secondary N) is 2. The third-order valence-electron chi connectivity index (χ3n) is 1.65. The molecule has 1 aromatic carbocycles. The van der Waals surface area contributed by atoms with Gasteiger partial charge in [-0.15, -0.1) is 0 Å². The zero-order valence-corrected chi connectivity index (χ0v) is 7.71. The van der Waals surface area contributed by atoms with Gasteiger partial charge in [-0.1, -0.05) is 30.3 Å². The van der Waals surface area contributed by atoms with Gasteiger partial charge < -0.3 is 0 Å². The van der Waals surface area contributed by atoms with Crippen LogP contribution in [0.25, 0.3) is 0 Å². The highest BCUT2D eigenvalue weighted by molar-refractivity contribution is 5.72. The molecule has 3 nitrogen and oxygen atoms in total. The van der Waals surface area contributed by atoms with Gasteiger partial charge in [0.15, 0.2) is 0 Å². The predicted molar refractivity (Wildman–Crippen MR) is 52.0 cm³/mol. The van der Waals surface area contributed by atoms with E-state index < -0.39 is 0 Å². The Morgan fingerprint density at radius 1 is 1.31 bits per heavy atom. The van der Waals surface area contributed by atoms with Crippen molar-refractivity contribution in [2.75, 3.05) is 6.54 Å². The van der Waals surface area contributed by atoms with Crippen LogP contribution >= 0.6 is 0 Å². The summed E-state index contributed by atoms with van der Waals surface area (Å²) in [4.78, 5) is 10.5. The standard InChI is InChI=1S/C10H14N2O/c1-9(13)12-11-8-7-10-5-3-2-4-6-10/h2-6,11H,7-8H2,1H3,(H,12,13). The van der Waals surface area contributed by atoms with Gasteiger partial charge in [-0.25, -0.2) is 5.43 Å². The maximum Gasteiger partial charge on any atom is 0.230 e. The van der Waals surface area contributed by atoms with Gasteiger partial charge in [-0.3, -0.25) is 10.2 Å². The lowest BCUT2D eigenvalue weighted by Gasteiger charge is -2.04. The monoisotopic (exact) mass is 178 g/mol. The normalized spacial score (nSPS) is 9.62. The lowest BCUT2D eigenvalue weighted by atomic mass is 10.2. The highest BCUT2D eigenvalue weighted by Gasteiger charge is 1.91. The summed E-state index contributed by atoms with van der Waals surface area (Å²) in [5.74, 6) is -0.0620. The fourth-order valence-electron chi connectivity index (χ4n) is 1.04. The second kappa shape index (κ2) is 5.32. The maximum absolute atomic E-state index is 10.5. The number of hydrogen-bond donors (Lipinski definition) is 2. The van der Waals surface area contributed by atoms with E-state index in [2.05, 4.69) is 23.0 Å². The smallest absolute Gasteiger partial charge is 0.230 e. The molecule has 0 aliphatic rings. The first-order chi connectivity index (χ1) is 6.29. The first-order valence-corrected chi connectivity index (χ1v) is 4.32. The van der Waals surface area contributed by atoms with Crippen molar-refractivity contribution in [3.8, 4) is 0 Å².